The van der Waals surface area contributed by atoms with Gasteiger partial charge in [-0.15, -0.1) is 0 Å². The van der Waals surface area contributed by atoms with E-state index in [1.165, 1.54) is 0 Å². The first-order chi connectivity index (χ1) is 10.8. The summed E-state index contributed by atoms with van der Waals surface area (Å²) >= 11 is 0. The minimum atomic E-state index is -0.307. The van der Waals surface area contributed by atoms with Crippen LogP contribution in [-0.4, -0.2) is 41.9 Å². The van der Waals surface area contributed by atoms with Gasteiger partial charge >= 0.3 is 0 Å². The van der Waals surface area contributed by atoms with Crippen molar-refractivity contribution in [3.63, 3.8) is 0 Å². The minimum absolute atomic E-state index is 0.0345. The van der Waals surface area contributed by atoms with Gasteiger partial charge in [0.25, 0.3) is 0 Å². The van der Waals surface area contributed by atoms with Crippen molar-refractivity contribution in [2.45, 2.75) is 44.3 Å². The lowest BCUT2D eigenvalue weighted by atomic mass is 10.1. The van der Waals surface area contributed by atoms with Gasteiger partial charge in [-0.05, 0) is 37.8 Å². The molecular weight excluding hydrogens is 278 g/mol. The van der Waals surface area contributed by atoms with E-state index >= 15 is 0 Å². The number of nitrogens with zero attached hydrogens (tertiary/aromatic N) is 1. The number of carbonyl (C=O) groups excluding carboxylic acids is 2. The molecule has 2 aliphatic rings. The van der Waals surface area contributed by atoms with E-state index in [9.17, 15) is 9.59 Å². The van der Waals surface area contributed by atoms with E-state index in [1.54, 1.807) is 4.90 Å². The van der Waals surface area contributed by atoms with Crippen LogP contribution in [0.5, 0.6) is 0 Å². The monoisotopic (exact) mass is 301 g/mol. The molecule has 0 aromatic heterocycles. The third kappa shape index (κ3) is 3.30. The van der Waals surface area contributed by atoms with Crippen molar-refractivity contribution in [3.05, 3.63) is 35.9 Å². The van der Waals surface area contributed by atoms with Gasteiger partial charge in [0.2, 0.25) is 11.8 Å². The van der Waals surface area contributed by atoms with Gasteiger partial charge in [-0.3, -0.25) is 9.59 Å². The van der Waals surface area contributed by atoms with Gasteiger partial charge in [-0.2, -0.15) is 0 Å². The molecular formula is C17H23N3O2. The van der Waals surface area contributed by atoms with Crippen molar-refractivity contribution in [3.8, 4) is 0 Å². The van der Waals surface area contributed by atoms with E-state index in [0.29, 0.717) is 13.1 Å². The molecule has 5 heteroatoms. The molecule has 2 aliphatic heterocycles. The topological polar surface area (TPSA) is 61.4 Å². The van der Waals surface area contributed by atoms with E-state index in [0.717, 1.165) is 37.8 Å². The summed E-state index contributed by atoms with van der Waals surface area (Å²) in [5.74, 6) is 0.0579. The summed E-state index contributed by atoms with van der Waals surface area (Å²) in [6, 6.07) is 9.44. The van der Waals surface area contributed by atoms with Crippen molar-refractivity contribution < 1.29 is 9.59 Å². The van der Waals surface area contributed by atoms with Gasteiger partial charge in [0, 0.05) is 13.1 Å². The predicted molar refractivity (Wildman–Crippen MR) is 84.0 cm³/mol. The highest BCUT2D eigenvalue weighted by Gasteiger charge is 2.37. The number of benzene rings is 1. The first kappa shape index (κ1) is 15.0. The summed E-state index contributed by atoms with van der Waals surface area (Å²) in [5.41, 5.74) is 1.07. The van der Waals surface area contributed by atoms with Crippen molar-refractivity contribution in [2.24, 2.45) is 0 Å². The minimum Gasteiger partial charge on any atom is -0.350 e. The highest BCUT2D eigenvalue weighted by Crippen LogP contribution is 2.20. The lowest BCUT2D eigenvalue weighted by Gasteiger charge is -2.26. The van der Waals surface area contributed by atoms with Crippen LogP contribution in [0.1, 0.15) is 31.2 Å². The predicted octanol–water partition coefficient (Wildman–Crippen LogP) is 1.05. The number of hydrogen-bond donors (Lipinski definition) is 2. The van der Waals surface area contributed by atoms with Crippen LogP contribution < -0.4 is 10.6 Å². The Morgan fingerprint density at radius 3 is 2.73 bits per heavy atom. The summed E-state index contributed by atoms with van der Waals surface area (Å²) < 4.78 is 0. The van der Waals surface area contributed by atoms with Crippen LogP contribution in [0, 0.1) is 0 Å². The lowest BCUT2D eigenvalue weighted by molar-refractivity contribution is -0.139. The third-order valence-corrected chi connectivity index (χ3v) is 4.51. The summed E-state index contributed by atoms with van der Waals surface area (Å²) in [4.78, 5) is 26.7. The van der Waals surface area contributed by atoms with Crippen LogP contribution in [0.2, 0.25) is 0 Å². The van der Waals surface area contributed by atoms with Crippen molar-refractivity contribution in [1.82, 2.24) is 15.5 Å². The third-order valence-electron chi connectivity index (χ3n) is 4.51. The molecule has 2 heterocycles. The van der Waals surface area contributed by atoms with E-state index in [2.05, 4.69) is 10.6 Å². The molecule has 0 aliphatic carbocycles. The second-order valence-corrected chi connectivity index (χ2v) is 6.04. The Balaban J connectivity index is 1.57. The normalized spacial score (nSPS) is 24.5. The molecule has 1 aromatic rings. The van der Waals surface area contributed by atoms with Crippen molar-refractivity contribution >= 4 is 11.8 Å². The molecule has 2 N–H and O–H groups in total. The maximum absolute atomic E-state index is 12.5. The van der Waals surface area contributed by atoms with Crippen LogP contribution in [0.25, 0.3) is 0 Å². The largest absolute Gasteiger partial charge is 0.350 e. The van der Waals surface area contributed by atoms with Crippen LogP contribution in [-0.2, 0) is 16.1 Å². The number of hydrogen-bond acceptors (Lipinski definition) is 3. The molecule has 0 radical (unpaired) electrons. The summed E-state index contributed by atoms with van der Waals surface area (Å²) in [5, 5.41) is 6.19. The molecule has 2 saturated heterocycles. The molecule has 2 atom stereocenters. The standard InChI is InChI=1S/C17H23N3O2/c21-16(19-12-13-6-2-1-3-7-13)15-9-5-11-20(15)17(22)14-8-4-10-18-14/h1-3,6-7,14-15,18H,4-5,8-12H2,(H,19,21)/t14-,15+/m0/s1. The van der Waals surface area contributed by atoms with Gasteiger partial charge in [0.15, 0.2) is 0 Å². The second-order valence-electron chi connectivity index (χ2n) is 6.04. The average Bonchev–Trinajstić information content (AvgIpc) is 3.24. The van der Waals surface area contributed by atoms with Crippen molar-refractivity contribution in [2.75, 3.05) is 13.1 Å². The number of likely N-dealkylation sites (tertiary alicyclic amines) is 1. The molecule has 0 bridgehead atoms. The Morgan fingerprint density at radius 1 is 1.18 bits per heavy atom. The number of carbonyl (C=O) groups is 2. The Labute approximate surface area is 131 Å². The van der Waals surface area contributed by atoms with E-state index in [4.69, 9.17) is 0 Å². The van der Waals surface area contributed by atoms with Gasteiger partial charge in [-0.25, -0.2) is 0 Å². The fraction of sp³-hybridized carbons (Fsp3) is 0.529. The number of amides is 2. The first-order valence-electron chi connectivity index (χ1n) is 8.11. The zero-order valence-corrected chi connectivity index (χ0v) is 12.8. The quantitative estimate of drug-likeness (QED) is 0.874. The van der Waals surface area contributed by atoms with Gasteiger partial charge in [0.1, 0.15) is 6.04 Å². The van der Waals surface area contributed by atoms with E-state index in [1.807, 2.05) is 30.3 Å². The zero-order valence-electron chi connectivity index (χ0n) is 12.8. The van der Waals surface area contributed by atoms with Crippen LogP contribution in [0.3, 0.4) is 0 Å². The smallest absolute Gasteiger partial charge is 0.243 e. The molecule has 0 saturated carbocycles. The molecule has 1 aromatic carbocycles. The Morgan fingerprint density at radius 2 is 2.00 bits per heavy atom. The molecule has 0 spiro atoms. The first-order valence-corrected chi connectivity index (χ1v) is 8.11. The molecule has 2 amide bonds. The second kappa shape index (κ2) is 6.92. The fourth-order valence-electron chi connectivity index (χ4n) is 3.30. The molecule has 0 unspecified atom stereocenters. The Kier molecular flexibility index (Phi) is 4.73. The number of rotatable bonds is 4. The molecule has 118 valence electrons. The maximum Gasteiger partial charge on any atom is 0.243 e. The molecule has 22 heavy (non-hydrogen) atoms. The molecule has 2 fully saturated rings. The fourth-order valence-corrected chi connectivity index (χ4v) is 3.30. The highest BCUT2D eigenvalue weighted by atomic mass is 16.2. The molecule has 3 rings (SSSR count). The lowest BCUT2D eigenvalue weighted by Crippen LogP contribution is -2.50. The summed E-state index contributed by atoms with van der Waals surface area (Å²) in [6.07, 6.45) is 3.59. The van der Waals surface area contributed by atoms with Crippen LogP contribution >= 0.6 is 0 Å². The molecule has 5 nitrogen and oxygen atoms in total. The van der Waals surface area contributed by atoms with Gasteiger partial charge in [0.05, 0.1) is 6.04 Å². The summed E-state index contributed by atoms with van der Waals surface area (Å²) in [7, 11) is 0. The summed E-state index contributed by atoms with van der Waals surface area (Å²) in [6.45, 7) is 2.11. The maximum atomic E-state index is 12.5. The average molecular weight is 301 g/mol. The van der Waals surface area contributed by atoms with Gasteiger partial charge in [-0.1, -0.05) is 30.3 Å². The Hall–Kier alpha value is -1.88. The van der Waals surface area contributed by atoms with E-state index in [-0.39, 0.29) is 23.9 Å². The zero-order chi connectivity index (χ0) is 15.4. The van der Waals surface area contributed by atoms with Crippen LogP contribution in [0.15, 0.2) is 30.3 Å². The SMILES string of the molecule is O=C(NCc1ccccc1)[C@H]1CCCN1C(=O)[C@@H]1CCCN1. The van der Waals surface area contributed by atoms with E-state index < -0.39 is 0 Å². The van der Waals surface area contributed by atoms with Crippen LogP contribution in [0.4, 0.5) is 0 Å². The Bertz CT molecular complexity index is 526. The van der Waals surface area contributed by atoms with Crippen molar-refractivity contribution in [1.29, 1.82) is 0 Å². The number of nitrogens with one attached hydrogen (secondary N) is 2. The van der Waals surface area contributed by atoms with Gasteiger partial charge < -0.3 is 15.5 Å². The highest BCUT2D eigenvalue weighted by molar-refractivity contribution is 5.90.